The van der Waals surface area contributed by atoms with Gasteiger partial charge < -0.3 is 10.6 Å². The number of aryl methyl sites for hydroxylation is 1. The van der Waals surface area contributed by atoms with Gasteiger partial charge in [-0.25, -0.2) is 9.48 Å². The summed E-state index contributed by atoms with van der Waals surface area (Å²) in [7, 11) is 3.03. The summed E-state index contributed by atoms with van der Waals surface area (Å²) < 4.78 is 2.29. The third-order valence-corrected chi connectivity index (χ3v) is 3.55. The maximum atomic E-state index is 12.0. The summed E-state index contributed by atoms with van der Waals surface area (Å²) in [4.78, 5) is 25.5. The van der Waals surface area contributed by atoms with Crippen LogP contribution in [0.15, 0.2) is 9.59 Å². The van der Waals surface area contributed by atoms with Gasteiger partial charge in [0.2, 0.25) is 5.82 Å². The number of hydrogen-bond donors (Lipinski definition) is 1. The smallest absolute Gasteiger partial charge is 0.346 e. The van der Waals surface area contributed by atoms with E-state index >= 15 is 0 Å². The molecule has 1 aliphatic heterocycles. The third kappa shape index (κ3) is 2.17. The van der Waals surface area contributed by atoms with Crippen LogP contribution in [0.5, 0.6) is 0 Å². The van der Waals surface area contributed by atoms with Crippen LogP contribution in [0.25, 0.3) is 0 Å². The van der Waals surface area contributed by atoms with Gasteiger partial charge in [-0.2, -0.15) is 0 Å². The van der Waals surface area contributed by atoms with Crippen LogP contribution in [0.1, 0.15) is 12.8 Å². The Labute approximate surface area is 105 Å². The largest absolute Gasteiger partial charge is 0.351 e. The molecule has 0 bridgehead atoms. The molecule has 1 aliphatic rings. The van der Waals surface area contributed by atoms with E-state index in [4.69, 9.17) is 5.73 Å². The predicted octanol–water partition coefficient (Wildman–Crippen LogP) is -1.35. The molecule has 1 aromatic heterocycles. The number of nitrogens with zero attached hydrogens (tertiary/aromatic N) is 4. The minimum atomic E-state index is -0.402. The second-order valence-corrected chi connectivity index (χ2v) is 4.76. The quantitative estimate of drug-likeness (QED) is 0.704. The Balaban J connectivity index is 2.30. The van der Waals surface area contributed by atoms with Crippen molar-refractivity contribution < 1.29 is 0 Å². The lowest BCUT2D eigenvalue weighted by molar-refractivity contribution is 0.409. The molecular formula is C11H19N5O2. The van der Waals surface area contributed by atoms with Gasteiger partial charge in [0.05, 0.1) is 0 Å². The zero-order valence-electron chi connectivity index (χ0n) is 10.8. The van der Waals surface area contributed by atoms with Crippen molar-refractivity contribution in [3.63, 3.8) is 0 Å². The predicted molar refractivity (Wildman–Crippen MR) is 68.7 cm³/mol. The summed E-state index contributed by atoms with van der Waals surface area (Å²) in [5, 5.41) is 4.07. The Bertz CT molecular complexity index is 539. The van der Waals surface area contributed by atoms with Crippen LogP contribution >= 0.6 is 0 Å². The molecule has 0 spiro atoms. The van der Waals surface area contributed by atoms with E-state index in [1.54, 1.807) is 7.05 Å². The first kappa shape index (κ1) is 12.8. The number of piperidine rings is 1. The molecule has 1 fully saturated rings. The lowest BCUT2D eigenvalue weighted by atomic mass is 9.97. The zero-order valence-corrected chi connectivity index (χ0v) is 10.8. The molecule has 0 radical (unpaired) electrons. The van der Waals surface area contributed by atoms with Crippen molar-refractivity contribution in [3.05, 3.63) is 20.8 Å². The molecule has 7 heteroatoms. The van der Waals surface area contributed by atoms with Crippen molar-refractivity contribution in [3.8, 4) is 0 Å². The van der Waals surface area contributed by atoms with Gasteiger partial charge in [-0.05, 0) is 25.3 Å². The average molecular weight is 253 g/mol. The maximum Gasteiger partial charge on any atom is 0.346 e. The van der Waals surface area contributed by atoms with E-state index in [1.165, 1.54) is 11.7 Å². The Kier molecular flexibility index (Phi) is 3.51. The average Bonchev–Trinajstić information content (AvgIpc) is 2.41. The van der Waals surface area contributed by atoms with Crippen molar-refractivity contribution in [2.75, 3.05) is 24.5 Å². The Morgan fingerprint density at radius 1 is 1.28 bits per heavy atom. The van der Waals surface area contributed by atoms with Crippen LogP contribution in [0.3, 0.4) is 0 Å². The molecule has 0 unspecified atom stereocenters. The first-order valence-electron chi connectivity index (χ1n) is 6.14. The highest BCUT2D eigenvalue weighted by molar-refractivity contribution is 5.35. The molecule has 100 valence electrons. The van der Waals surface area contributed by atoms with Gasteiger partial charge >= 0.3 is 5.69 Å². The highest BCUT2D eigenvalue weighted by Gasteiger charge is 2.22. The summed E-state index contributed by atoms with van der Waals surface area (Å²) in [6, 6.07) is 0. The van der Waals surface area contributed by atoms with E-state index in [9.17, 15) is 9.59 Å². The molecule has 0 saturated carbocycles. The van der Waals surface area contributed by atoms with Crippen molar-refractivity contribution in [1.82, 2.24) is 14.3 Å². The molecule has 0 aliphatic carbocycles. The summed E-state index contributed by atoms with van der Waals surface area (Å²) in [6.45, 7) is 2.22. The van der Waals surface area contributed by atoms with Crippen molar-refractivity contribution in [2.45, 2.75) is 12.8 Å². The van der Waals surface area contributed by atoms with Gasteiger partial charge in [-0.1, -0.05) is 0 Å². The van der Waals surface area contributed by atoms with E-state index in [1.807, 2.05) is 4.90 Å². The minimum Gasteiger partial charge on any atom is -0.351 e. The number of nitrogens with two attached hydrogens (primary N) is 1. The van der Waals surface area contributed by atoms with Crippen LogP contribution in [0.2, 0.25) is 0 Å². The molecule has 7 nitrogen and oxygen atoms in total. The topological polar surface area (TPSA) is 86.2 Å². The van der Waals surface area contributed by atoms with Crippen molar-refractivity contribution in [1.29, 1.82) is 0 Å². The summed E-state index contributed by atoms with van der Waals surface area (Å²) in [5.41, 5.74) is 4.91. The van der Waals surface area contributed by atoms with Crippen LogP contribution in [-0.2, 0) is 14.1 Å². The maximum absolute atomic E-state index is 12.0. The Morgan fingerprint density at radius 3 is 2.44 bits per heavy atom. The Morgan fingerprint density at radius 2 is 1.89 bits per heavy atom. The molecule has 2 N–H and O–H groups in total. The third-order valence-electron chi connectivity index (χ3n) is 3.55. The molecular weight excluding hydrogens is 234 g/mol. The van der Waals surface area contributed by atoms with Gasteiger partial charge in [0.1, 0.15) is 0 Å². The van der Waals surface area contributed by atoms with Crippen molar-refractivity contribution >= 4 is 5.82 Å². The van der Waals surface area contributed by atoms with E-state index in [-0.39, 0.29) is 5.56 Å². The minimum absolute atomic E-state index is 0.329. The standard InChI is InChI=1S/C11H19N5O2/c1-14-10(17)9(13-15(2)11(14)18)16-5-3-8(7-12)4-6-16/h8H,3-7,12H2,1-2H3. The highest BCUT2D eigenvalue weighted by atomic mass is 16.2. The van der Waals surface area contributed by atoms with E-state index in [0.717, 1.165) is 30.5 Å². The lowest BCUT2D eigenvalue weighted by Gasteiger charge is -2.31. The van der Waals surface area contributed by atoms with Gasteiger partial charge in [0, 0.05) is 27.2 Å². The normalized spacial score (nSPS) is 17.2. The second kappa shape index (κ2) is 4.93. The van der Waals surface area contributed by atoms with Crippen LogP contribution in [0.4, 0.5) is 5.82 Å². The second-order valence-electron chi connectivity index (χ2n) is 4.76. The first-order valence-corrected chi connectivity index (χ1v) is 6.14. The molecule has 0 aromatic carbocycles. The molecule has 2 rings (SSSR count). The van der Waals surface area contributed by atoms with Gasteiger partial charge in [-0.3, -0.25) is 9.36 Å². The summed E-state index contributed by atoms with van der Waals surface area (Å²) >= 11 is 0. The van der Waals surface area contributed by atoms with Gasteiger partial charge in [0.15, 0.2) is 0 Å². The number of hydrogen-bond acceptors (Lipinski definition) is 5. The number of rotatable bonds is 2. The Hall–Kier alpha value is -1.63. The summed E-state index contributed by atoms with van der Waals surface area (Å²) in [6.07, 6.45) is 1.92. The summed E-state index contributed by atoms with van der Waals surface area (Å²) in [5.74, 6) is 0.882. The highest BCUT2D eigenvalue weighted by Crippen LogP contribution is 2.18. The fraction of sp³-hybridized carbons (Fsp3) is 0.727. The first-order chi connectivity index (χ1) is 8.54. The van der Waals surface area contributed by atoms with Crippen LogP contribution in [-0.4, -0.2) is 34.0 Å². The molecule has 2 heterocycles. The monoisotopic (exact) mass is 253 g/mol. The van der Waals surface area contributed by atoms with Gasteiger partial charge in [0.25, 0.3) is 5.56 Å². The molecule has 0 atom stereocenters. The van der Waals surface area contributed by atoms with Crippen LogP contribution < -0.4 is 21.9 Å². The number of aromatic nitrogens is 3. The fourth-order valence-corrected chi connectivity index (χ4v) is 2.26. The molecule has 1 aromatic rings. The van der Waals surface area contributed by atoms with E-state index in [0.29, 0.717) is 18.3 Å². The SMILES string of the molecule is Cn1nc(N2CCC(CN)CC2)c(=O)n(C)c1=O. The van der Waals surface area contributed by atoms with Gasteiger partial charge in [-0.15, -0.1) is 5.10 Å². The van der Waals surface area contributed by atoms with E-state index in [2.05, 4.69) is 5.10 Å². The zero-order chi connectivity index (χ0) is 13.3. The fourth-order valence-electron chi connectivity index (χ4n) is 2.26. The lowest BCUT2D eigenvalue weighted by Crippen LogP contribution is -2.45. The van der Waals surface area contributed by atoms with E-state index < -0.39 is 5.69 Å². The van der Waals surface area contributed by atoms with Crippen molar-refractivity contribution in [2.24, 2.45) is 25.7 Å². The molecule has 1 saturated heterocycles. The molecule has 0 amide bonds. The number of anilines is 1. The molecule has 18 heavy (non-hydrogen) atoms. The van der Waals surface area contributed by atoms with Crippen LogP contribution in [0, 0.1) is 5.92 Å².